The highest BCUT2D eigenvalue weighted by Crippen LogP contribution is 2.31. The van der Waals surface area contributed by atoms with Gasteiger partial charge in [-0.15, -0.1) is 0 Å². The molecular formula is C27H20Cl2N2O3. The zero-order chi connectivity index (χ0) is 24.1. The van der Waals surface area contributed by atoms with Crippen LogP contribution in [-0.2, 0) is 4.79 Å². The molecule has 0 radical (unpaired) electrons. The fourth-order valence-corrected chi connectivity index (χ4v) is 3.79. The predicted octanol–water partition coefficient (Wildman–Crippen LogP) is 7.47. The molecule has 2 amide bonds. The number of carbonyl (C=O) groups excluding carboxylic acids is 2. The van der Waals surface area contributed by atoms with Gasteiger partial charge in [0.25, 0.3) is 5.91 Å². The Balaban J connectivity index is 1.38. The van der Waals surface area contributed by atoms with Gasteiger partial charge in [0.2, 0.25) is 5.91 Å². The van der Waals surface area contributed by atoms with Gasteiger partial charge in [0, 0.05) is 33.6 Å². The van der Waals surface area contributed by atoms with Crippen molar-refractivity contribution in [3.8, 4) is 11.3 Å². The highest BCUT2D eigenvalue weighted by Gasteiger charge is 2.10. The summed E-state index contributed by atoms with van der Waals surface area (Å²) in [6, 6.07) is 22.9. The lowest BCUT2D eigenvalue weighted by Gasteiger charge is -2.10. The van der Waals surface area contributed by atoms with Crippen molar-refractivity contribution in [3.63, 3.8) is 0 Å². The number of rotatable bonds is 6. The van der Waals surface area contributed by atoms with Crippen LogP contribution in [0.25, 0.3) is 17.4 Å². The Kier molecular flexibility index (Phi) is 7.16. The van der Waals surface area contributed by atoms with E-state index in [9.17, 15) is 9.59 Å². The van der Waals surface area contributed by atoms with Crippen molar-refractivity contribution >= 4 is 52.5 Å². The van der Waals surface area contributed by atoms with Crippen LogP contribution < -0.4 is 10.6 Å². The topological polar surface area (TPSA) is 71.3 Å². The van der Waals surface area contributed by atoms with Crippen LogP contribution in [0.1, 0.15) is 21.7 Å². The minimum Gasteiger partial charge on any atom is -0.457 e. The van der Waals surface area contributed by atoms with E-state index in [1.165, 1.54) is 6.08 Å². The van der Waals surface area contributed by atoms with Gasteiger partial charge < -0.3 is 15.1 Å². The van der Waals surface area contributed by atoms with Crippen molar-refractivity contribution < 1.29 is 14.0 Å². The quantitative estimate of drug-likeness (QED) is 0.275. The SMILES string of the molecule is Cc1cc(NC(=O)/C=C/c2ccc(-c3ccc(Cl)cc3Cl)o2)ccc1NC(=O)c1ccccc1. The molecule has 3 aromatic carbocycles. The van der Waals surface area contributed by atoms with Gasteiger partial charge in [-0.1, -0.05) is 41.4 Å². The fraction of sp³-hybridized carbons (Fsp3) is 0.0370. The molecule has 0 atom stereocenters. The summed E-state index contributed by atoms with van der Waals surface area (Å²) in [4.78, 5) is 24.7. The average molecular weight is 491 g/mol. The molecule has 170 valence electrons. The van der Waals surface area contributed by atoms with Crippen molar-refractivity contribution in [1.29, 1.82) is 0 Å². The second-order valence-electron chi connectivity index (χ2n) is 7.50. The molecule has 0 saturated heterocycles. The van der Waals surface area contributed by atoms with Crippen molar-refractivity contribution in [1.82, 2.24) is 0 Å². The van der Waals surface area contributed by atoms with Crippen molar-refractivity contribution in [2.24, 2.45) is 0 Å². The third-order valence-corrected chi connectivity index (χ3v) is 5.55. The molecule has 7 heteroatoms. The standard InChI is InChI=1S/C27H20Cl2N2O3/c1-17-15-20(8-12-24(17)31-27(33)18-5-3-2-4-6-18)30-26(32)14-10-21-9-13-25(34-21)22-11-7-19(28)16-23(22)29/h2-16H,1H3,(H,30,32)(H,31,33)/b14-10+. The summed E-state index contributed by atoms with van der Waals surface area (Å²) in [7, 11) is 0. The van der Waals surface area contributed by atoms with Crippen LogP contribution in [0.5, 0.6) is 0 Å². The molecule has 2 N–H and O–H groups in total. The second-order valence-corrected chi connectivity index (χ2v) is 8.34. The van der Waals surface area contributed by atoms with E-state index in [2.05, 4.69) is 10.6 Å². The molecule has 0 fully saturated rings. The average Bonchev–Trinajstić information content (AvgIpc) is 3.29. The van der Waals surface area contributed by atoms with Crippen LogP contribution >= 0.6 is 23.2 Å². The number of nitrogens with one attached hydrogen (secondary N) is 2. The summed E-state index contributed by atoms with van der Waals surface area (Å²) in [6.07, 6.45) is 2.95. The van der Waals surface area contributed by atoms with Crippen LogP contribution in [0.3, 0.4) is 0 Å². The Labute approximate surface area is 207 Å². The molecule has 1 aromatic heterocycles. The van der Waals surface area contributed by atoms with Crippen LogP contribution in [0.2, 0.25) is 10.0 Å². The van der Waals surface area contributed by atoms with E-state index in [-0.39, 0.29) is 11.8 Å². The van der Waals surface area contributed by atoms with Gasteiger partial charge in [-0.3, -0.25) is 9.59 Å². The summed E-state index contributed by atoms with van der Waals surface area (Å²) in [5.41, 5.74) is 3.39. The highest BCUT2D eigenvalue weighted by atomic mass is 35.5. The zero-order valence-electron chi connectivity index (χ0n) is 18.1. The molecule has 0 spiro atoms. The lowest BCUT2D eigenvalue weighted by molar-refractivity contribution is -0.111. The smallest absolute Gasteiger partial charge is 0.255 e. The van der Waals surface area contributed by atoms with Gasteiger partial charge in [0.15, 0.2) is 0 Å². The van der Waals surface area contributed by atoms with E-state index < -0.39 is 0 Å². The van der Waals surface area contributed by atoms with E-state index in [0.717, 1.165) is 5.56 Å². The number of anilines is 2. The highest BCUT2D eigenvalue weighted by molar-refractivity contribution is 6.36. The molecule has 0 aliphatic carbocycles. The summed E-state index contributed by atoms with van der Waals surface area (Å²) in [5, 5.41) is 6.71. The number of halogens is 2. The Morgan fingerprint density at radius 3 is 2.41 bits per heavy atom. The van der Waals surface area contributed by atoms with Crippen molar-refractivity contribution in [3.05, 3.63) is 112 Å². The van der Waals surface area contributed by atoms with Crippen LogP contribution in [0.15, 0.2) is 89.4 Å². The summed E-state index contributed by atoms with van der Waals surface area (Å²) >= 11 is 12.2. The summed E-state index contributed by atoms with van der Waals surface area (Å²) in [6.45, 7) is 1.86. The maximum absolute atomic E-state index is 12.4. The number of benzene rings is 3. The molecule has 1 heterocycles. The van der Waals surface area contributed by atoms with E-state index in [0.29, 0.717) is 44.1 Å². The van der Waals surface area contributed by atoms with Gasteiger partial charge in [0.05, 0.1) is 5.02 Å². The van der Waals surface area contributed by atoms with Crippen molar-refractivity contribution in [2.75, 3.05) is 10.6 Å². The number of furan rings is 1. The van der Waals surface area contributed by atoms with Crippen LogP contribution in [0.4, 0.5) is 11.4 Å². The van der Waals surface area contributed by atoms with Gasteiger partial charge in [-0.25, -0.2) is 0 Å². The Hall–Kier alpha value is -3.80. The minimum absolute atomic E-state index is 0.193. The van der Waals surface area contributed by atoms with Gasteiger partial charge in [-0.2, -0.15) is 0 Å². The Morgan fingerprint density at radius 2 is 1.68 bits per heavy atom. The largest absolute Gasteiger partial charge is 0.457 e. The molecule has 0 bridgehead atoms. The first kappa shape index (κ1) is 23.4. The number of hydrogen-bond donors (Lipinski definition) is 2. The van der Waals surface area contributed by atoms with Crippen LogP contribution in [-0.4, -0.2) is 11.8 Å². The van der Waals surface area contributed by atoms with Crippen LogP contribution in [0, 0.1) is 6.92 Å². The molecule has 0 saturated carbocycles. The van der Waals surface area contributed by atoms with E-state index in [4.69, 9.17) is 27.6 Å². The monoisotopic (exact) mass is 490 g/mol. The fourth-order valence-electron chi connectivity index (χ4n) is 3.28. The molecule has 0 unspecified atom stereocenters. The van der Waals surface area contributed by atoms with E-state index >= 15 is 0 Å². The van der Waals surface area contributed by atoms with Gasteiger partial charge in [0.1, 0.15) is 11.5 Å². The molecule has 0 aliphatic rings. The van der Waals surface area contributed by atoms with Gasteiger partial charge in [-0.05, 0) is 79.2 Å². The normalized spacial score (nSPS) is 10.9. The maximum atomic E-state index is 12.4. The van der Waals surface area contributed by atoms with Crippen molar-refractivity contribution in [2.45, 2.75) is 6.92 Å². The summed E-state index contributed by atoms with van der Waals surface area (Å²) < 4.78 is 5.76. The van der Waals surface area contributed by atoms with E-state index in [1.54, 1.807) is 66.7 Å². The lowest BCUT2D eigenvalue weighted by Crippen LogP contribution is -2.13. The zero-order valence-corrected chi connectivity index (χ0v) is 19.7. The third kappa shape index (κ3) is 5.76. The first-order chi connectivity index (χ1) is 16.4. The van der Waals surface area contributed by atoms with Gasteiger partial charge >= 0.3 is 0 Å². The Bertz CT molecular complexity index is 1380. The number of amides is 2. The Morgan fingerprint density at radius 1 is 0.882 bits per heavy atom. The molecule has 0 aliphatic heterocycles. The van der Waals surface area contributed by atoms with E-state index in [1.807, 2.05) is 25.1 Å². The number of aryl methyl sites for hydroxylation is 1. The molecule has 4 rings (SSSR count). The molecule has 4 aromatic rings. The second kappa shape index (κ2) is 10.4. The first-order valence-electron chi connectivity index (χ1n) is 10.4. The lowest BCUT2D eigenvalue weighted by atomic mass is 10.1. The summed E-state index contributed by atoms with van der Waals surface area (Å²) in [5.74, 6) is 0.570. The first-order valence-corrected chi connectivity index (χ1v) is 11.2. The molecular weight excluding hydrogens is 471 g/mol. The number of carbonyl (C=O) groups is 2. The number of hydrogen-bond acceptors (Lipinski definition) is 3. The maximum Gasteiger partial charge on any atom is 0.255 e. The predicted molar refractivity (Wildman–Crippen MR) is 137 cm³/mol. The third-order valence-electron chi connectivity index (χ3n) is 5.00. The molecule has 5 nitrogen and oxygen atoms in total. The molecule has 34 heavy (non-hydrogen) atoms. The minimum atomic E-state index is -0.317.